The molecule has 45 heavy (non-hydrogen) atoms. The number of benzene rings is 7. The maximum absolute atomic E-state index is 6.37. The van der Waals surface area contributed by atoms with Crippen LogP contribution in [-0.4, -0.2) is 4.57 Å². The summed E-state index contributed by atoms with van der Waals surface area (Å²) in [7, 11) is 0. The van der Waals surface area contributed by atoms with E-state index in [0.29, 0.717) is 0 Å². The molecule has 212 valence electrons. The van der Waals surface area contributed by atoms with Gasteiger partial charge in [-0.15, -0.1) is 0 Å². The van der Waals surface area contributed by atoms with Gasteiger partial charge in [0, 0.05) is 43.6 Å². The highest BCUT2D eigenvalue weighted by Crippen LogP contribution is 2.52. The molecule has 0 fully saturated rings. The Kier molecular flexibility index (Phi) is 4.82. The molecule has 0 saturated carbocycles. The van der Waals surface area contributed by atoms with Crippen molar-refractivity contribution in [3.05, 3.63) is 151 Å². The van der Waals surface area contributed by atoms with Crippen molar-refractivity contribution in [2.75, 3.05) is 0 Å². The van der Waals surface area contributed by atoms with Crippen molar-refractivity contribution in [3.63, 3.8) is 0 Å². The van der Waals surface area contributed by atoms with Crippen LogP contribution in [0.1, 0.15) is 25.0 Å². The molecule has 1 aliphatic rings. The van der Waals surface area contributed by atoms with Gasteiger partial charge in [0.15, 0.2) is 0 Å². The van der Waals surface area contributed by atoms with Gasteiger partial charge in [-0.05, 0) is 57.5 Å². The zero-order valence-electron chi connectivity index (χ0n) is 25.1. The SMILES string of the molecule is CC1(C)c2ccccc2-c2c1ccc1c2ccc2c3ccccc3n(-c3ccc(-c4cccc5c4oc4ccccc45)cc3)c12. The maximum atomic E-state index is 6.37. The van der Waals surface area contributed by atoms with Crippen molar-refractivity contribution in [1.82, 2.24) is 4.57 Å². The fourth-order valence-electron chi connectivity index (χ4n) is 8.10. The van der Waals surface area contributed by atoms with Crippen LogP contribution in [0.4, 0.5) is 0 Å². The Balaban J connectivity index is 1.22. The minimum Gasteiger partial charge on any atom is -0.455 e. The number of fused-ring (bicyclic) bond motifs is 12. The van der Waals surface area contributed by atoms with E-state index in [4.69, 9.17) is 4.42 Å². The molecule has 1 aliphatic carbocycles. The molecule has 7 aromatic carbocycles. The third-order valence-electron chi connectivity index (χ3n) is 10.2. The molecule has 9 aromatic rings. The Hall–Kier alpha value is -5.60. The molecule has 0 aliphatic heterocycles. The number of rotatable bonds is 2. The average Bonchev–Trinajstić information content (AvgIpc) is 3.71. The standard InChI is InChI=1S/C43H29NO/c1-43(2)36-15-6-3-12-35(36)40-31-22-23-32-29-10-4-7-16-38(29)44(41(32)33(31)24-25-37(40)43)27-20-18-26(19-21-27)28-13-9-14-34-30-11-5-8-17-39(30)45-42(28)34/h3-25H,1-2H3. The predicted molar refractivity (Wildman–Crippen MR) is 189 cm³/mol. The third-order valence-corrected chi connectivity index (χ3v) is 10.2. The van der Waals surface area contributed by atoms with E-state index in [9.17, 15) is 0 Å². The first kappa shape index (κ1) is 24.8. The van der Waals surface area contributed by atoms with Gasteiger partial charge in [0.25, 0.3) is 0 Å². The first-order chi connectivity index (χ1) is 22.1. The zero-order chi connectivity index (χ0) is 29.9. The second-order valence-corrected chi connectivity index (χ2v) is 12.9. The van der Waals surface area contributed by atoms with E-state index in [2.05, 4.69) is 146 Å². The van der Waals surface area contributed by atoms with Crippen LogP contribution in [0.2, 0.25) is 0 Å². The van der Waals surface area contributed by atoms with Gasteiger partial charge in [0.05, 0.1) is 11.0 Å². The van der Waals surface area contributed by atoms with Crippen molar-refractivity contribution >= 4 is 54.5 Å². The molecule has 0 unspecified atom stereocenters. The van der Waals surface area contributed by atoms with Crippen molar-refractivity contribution in [2.45, 2.75) is 19.3 Å². The monoisotopic (exact) mass is 575 g/mol. The summed E-state index contributed by atoms with van der Waals surface area (Å²) >= 11 is 0. The van der Waals surface area contributed by atoms with Crippen LogP contribution < -0.4 is 0 Å². The number of para-hydroxylation sites is 3. The smallest absolute Gasteiger partial charge is 0.143 e. The summed E-state index contributed by atoms with van der Waals surface area (Å²) < 4.78 is 8.83. The lowest BCUT2D eigenvalue weighted by Gasteiger charge is -2.21. The van der Waals surface area contributed by atoms with Crippen LogP contribution in [-0.2, 0) is 5.41 Å². The lowest BCUT2D eigenvalue weighted by Crippen LogP contribution is -2.14. The highest BCUT2D eigenvalue weighted by Gasteiger charge is 2.36. The maximum Gasteiger partial charge on any atom is 0.143 e. The normalized spacial score (nSPS) is 13.7. The fraction of sp³-hybridized carbons (Fsp3) is 0.0698. The van der Waals surface area contributed by atoms with E-state index in [1.807, 2.05) is 12.1 Å². The summed E-state index contributed by atoms with van der Waals surface area (Å²) in [4.78, 5) is 0. The molecule has 0 atom stereocenters. The topological polar surface area (TPSA) is 18.1 Å². The second-order valence-electron chi connectivity index (χ2n) is 12.9. The fourth-order valence-corrected chi connectivity index (χ4v) is 8.10. The van der Waals surface area contributed by atoms with Crippen LogP contribution in [0.25, 0.3) is 82.5 Å². The molecule has 2 aromatic heterocycles. The number of nitrogens with zero attached hydrogens (tertiary/aromatic N) is 1. The second kappa shape index (κ2) is 8.74. The van der Waals surface area contributed by atoms with Gasteiger partial charge in [0.2, 0.25) is 0 Å². The summed E-state index contributed by atoms with van der Waals surface area (Å²) in [5, 5.41) is 7.45. The quantitative estimate of drug-likeness (QED) is 0.200. The van der Waals surface area contributed by atoms with Gasteiger partial charge >= 0.3 is 0 Å². The molecule has 0 N–H and O–H groups in total. The largest absolute Gasteiger partial charge is 0.455 e. The lowest BCUT2D eigenvalue weighted by molar-refractivity contribution is 0.661. The molecule has 10 rings (SSSR count). The van der Waals surface area contributed by atoms with Crippen molar-refractivity contribution in [3.8, 4) is 27.9 Å². The van der Waals surface area contributed by atoms with Crippen LogP contribution in [0.3, 0.4) is 0 Å². The van der Waals surface area contributed by atoms with Gasteiger partial charge in [-0.1, -0.05) is 129 Å². The Morgan fingerprint density at radius 1 is 0.489 bits per heavy atom. The molecule has 0 bridgehead atoms. The molecule has 0 saturated heterocycles. The molecular formula is C43H29NO. The Bertz CT molecular complexity index is 2670. The van der Waals surface area contributed by atoms with E-state index < -0.39 is 0 Å². The van der Waals surface area contributed by atoms with Gasteiger partial charge in [0.1, 0.15) is 11.2 Å². The van der Waals surface area contributed by atoms with Crippen LogP contribution in [0.15, 0.2) is 144 Å². The van der Waals surface area contributed by atoms with E-state index in [-0.39, 0.29) is 5.41 Å². The van der Waals surface area contributed by atoms with Crippen molar-refractivity contribution in [1.29, 1.82) is 0 Å². The third kappa shape index (κ3) is 3.24. The van der Waals surface area contributed by atoms with Gasteiger partial charge in [-0.3, -0.25) is 0 Å². The van der Waals surface area contributed by atoms with Gasteiger partial charge in [-0.25, -0.2) is 0 Å². The van der Waals surface area contributed by atoms with Gasteiger partial charge in [-0.2, -0.15) is 0 Å². The Labute approximate surface area is 260 Å². The van der Waals surface area contributed by atoms with Crippen LogP contribution >= 0.6 is 0 Å². The van der Waals surface area contributed by atoms with Crippen molar-refractivity contribution < 1.29 is 4.42 Å². The molecular weight excluding hydrogens is 546 g/mol. The summed E-state index contributed by atoms with van der Waals surface area (Å²) in [5.74, 6) is 0. The molecule has 2 heteroatoms. The molecule has 2 heterocycles. The van der Waals surface area contributed by atoms with Crippen LogP contribution in [0.5, 0.6) is 0 Å². The first-order valence-corrected chi connectivity index (χ1v) is 15.7. The minimum atomic E-state index is -0.0275. The lowest BCUT2D eigenvalue weighted by atomic mass is 9.82. The van der Waals surface area contributed by atoms with Crippen LogP contribution in [0, 0.1) is 0 Å². The van der Waals surface area contributed by atoms with E-state index in [1.165, 1.54) is 54.8 Å². The minimum absolute atomic E-state index is 0.0275. The van der Waals surface area contributed by atoms with E-state index in [1.54, 1.807) is 0 Å². The van der Waals surface area contributed by atoms with E-state index >= 15 is 0 Å². The number of hydrogen-bond acceptors (Lipinski definition) is 1. The number of hydrogen-bond donors (Lipinski definition) is 0. The van der Waals surface area contributed by atoms with Gasteiger partial charge < -0.3 is 8.98 Å². The average molecular weight is 576 g/mol. The number of furan rings is 1. The number of aromatic nitrogens is 1. The Morgan fingerprint density at radius 3 is 2.04 bits per heavy atom. The first-order valence-electron chi connectivity index (χ1n) is 15.7. The Morgan fingerprint density at radius 2 is 1.16 bits per heavy atom. The summed E-state index contributed by atoms with van der Waals surface area (Å²) in [5.41, 5.74) is 13.2. The van der Waals surface area contributed by atoms with E-state index in [0.717, 1.165) is 38.8 Å². The molecule has 0 amide bonds. The molecule has 2 nitrogen and oxygen atoms in total. The van der Waals surface area contributed by atoms with Crippen molar-refractivity contribution in [2.24, 2.45) is 0 Å². The zero-order valence-corrected chi connectivity index (χ0v) is 25.1. The molecule has 0 radical (unpaired) electrons. The molecule has 0 spiro atoms. The summed E-state index contributed by atoms with van der Waals surface area (Å²) in [6.45, 7) is 4.71. The predicted octanol–water partition coefficient (Wildman–Crippen LogP) is 11.8. The summed E-state index contributed by atoms with van der Waals surface area (Å²) in [6, 6.07) is 50.8. The highest BCUT2D eigenvalue weighted by molar-refractivity contribution is 6.21. The highest BCUT2D eigenvalue weighted by atomic mass is 16.3. The summed E-state index contributed by atoms with van der Waals surface area (Å²) in [6.07, 6.45) is 0.